The number of nitrogens with zero attached hydrogens (tertiary/aromatic N) is 2. The predicted octanol–water partition coefficient (Wildman–Crippen LogP) is 2.93. The first kappa shape index (κ1) is 16.1. The van der Waals surface area contributed by atoms with Gasteiger partial charge in [-0.2, -0.15) is 5.26 Å². The lowest BCUT2D eigenvalue weighted by molar-refractivity contribution is 0.154. The maximum atomic E-state index is 13.4. The molecule has 118 valence electrons. The lowest BCUT2D eigenvalue weighted by Crippen LogP contribution is -2.47. The van der Waals surface area contributed by atoms with Crippen molar-refractivity contribution < 1.29 is 14.3 Å². The molecule has 6 heteroatoms. The molecular formula is C16H20FN3O2. The van der Waals surface area contributed by atoms with Gasteiger partial charge in [0.25, 0.3) is 0 Å². The summed E-state index contributed by atoms with van der Waals surface area (Å²) in [7, 11) is 0. The van der Waals surface area contributed by atoms with Crippen LogP contribution in [-0.2, 0) is 0 Å². The molecule has 0 spiro atoms. The number of nitriles is 1. The zero-order chi connectivity index (χ0) is 16.3. The van der Waals surface area contributed by atoms with E-state index in [-0.39, 0.29) is 17.5 Å². The molecule has 1 aliphatic heterocycles. The van der Waals surface area contributed by atoms with Gasteiger partial charge in [-0.1, -0.05) is 6.07 Å². The normalized spacial score (nSPS) is 18.4. The molecule has 1 aromatic carbocycles. The SMILES string of the molecule is CC(NC(=O)N1CCC(C)(C#N)CC1)c1ccc(O)c(F)c1. The molecule has 2 N–H and O–H groups in total. The molecule has 0 bridgehead atoms. The molecule has 0 saturated carbocycles. The lowest BCUT2D eigenvalue weighted by Gasteiger charge is -2.35. The van der Waals surface area contributed by atoms with Gasteiger partial charge in [0.05, 0.1) is 17.5 Å². The van der Waals surface area contributed by atoms with Crippen molar-refractivity contribution in [3.8, 4) is 11.8 Å². The van der Waals surface area contributed by atoms with Crippen molar-refractivity contribution in [3.63, 3.8) is 0 Å². The molecule has 1 saturated heterocycles. The van der Waals surface area contributed by atoms with Gasteiger partial charge in [0.15, 0.2) is 11.6 Å². The highest BCUT2D eigenvalue weighted by Gasteiger charge is 2.32. The molecule has 5 nitrogen and oxygen atoms in total. The number of urea groups is 1. The van der Waals surface area contributed by atoms with E-state index in [1.54, 1.807) is 17.9 Å². The average molecular weight is 305 g/mol. The number of halogens is 1. The number of hydrogen-bond donors (Lipinski definition) is 2. The Morgan fingerprint density at radius 1 is 1.50 bits per heavy atom. The van der Waals surface area contributed by atoms with Crippen molar-refractivity contribution in [2.45, 2.75) is 32.7 Å². The molecule has 22 heavy (non-hydrogen) atoms. The minimum atomic E-state index is -0.707. The molecule has 1 heterocycles. The van der Waals surface area contributed by atoms with E-state index < -0.39 is 11.6 Å². The van der Waals surface area contributed by atoms with Crippen molar-refractivity contribution in [1.82, 2.24) is 10.2 Å². The smallest absolute Gasteiger partial charge is 0.317 e. The first-order valence-corrected chi connectivity index (χ1v) is 7.30. The van der Waals surface area contributed by atoms with Crippen LogP contribution >= 0.6 is 0 Å². The zero-order valence-electron chi connectivity index (χ0n) is 12.8. The number of phenolic OH excluding ortho intramolecular Hbond substituents is 1. The molecule has 1 atom stereocenters. The average Bonchev–Trinajstić information content (AvgIpc) is 2.50. The van der Waals surface area contributed by atoms with Gasteiger partial charge in [-0.3, -0.25) is 0 Å². The number of hydrogen-bond acceptors (Lipinski definition) is 3. The van der Waals surface area contributed by atoms with Gasteiger partial charge in [-0.15, -0.1) is 0 Å². The Hall–Kier alpha value is -2.29. The summed E-state index contributed by atoms with van der Waals surface area (Å²) in [6.45, 7) is 4.73. The van der Waals surface area contributed by atoms with E-state index in [2.05, 4.69) is 11.4 Å². The first-order valence-electron chi connectivity index (χ1n) is 7.30. The summed E-state index contributed by atoms with van der Waals surface area (Å²) in [4.78, 5) is 13.9. The van der Waals surface area contributed by atoms with Crippen LogP contribution in [-0.4, -0.2) is 29.1 Å². The molecular weight excluding hydrogens is 285 g/mol. The van der Waals surface area contributed by atoms with Gasteiger partial charge in [0.1, 0.15) is 0 Å². The Bertz CT molecular complexity index is 604. The molecule has 1 fully saturated rings. The second kappa shape index (κ2) is 6.22. The van der Waals surface area contributed by atoms with Crippen LogP contribution in [0.15, 0.2) is 18.2 Å². The quantitative estimate of drug-likeness (QED) is 0.882. The Kier molecular flexibility index (Phi) is 4.55. The molecule has 1 aliphatic rings. The third-order valence-corrected chi connectivity index (χ3v) is 4.24. The molecule has 0 aromatic heterocycles. The fourth-order valence-corrected chi connectivity index (χ4v) is 2.47. The summed E-state index contributed by atoms with van der Waals surface area (Å²) in [5.74, 6) is -1.12. The monoisotopic (exact) mass is 305 g/mol. The predicted molar refractivity (Wildman–Crippen MR) is 79.5 cm³/mol. The Morgan fingerprint density at radius 2 is 2.14 bits per heavy atom. The van der Waals surface area contributed by atoms with E-state index in [0.717, 1.165) is 0 Å². The number of piperidine rings is 1. The van der Waals surface area contributed by atoms with Gasteiger partial charge in [-0.05, 0) is 44.4 Å². The second-order valence-electron chi connectivity index (χ2n) is 6.04. The number of nitrogens with one attached hydrogen (secondary N) is 1. The van der Waals surface area contributed by atoms with E-state index in [9.17, 15) is 14.3 Å². The van der Waals surface area contributed by atoms with Crippen LogP contribution in [0.2, 0.25) is 0 Å². The summed E-state index contributed by atoms with van der Waals surface area (Å²) in [5, 5.41) is 21.1. The number of likely N-dealkylation sites (tertiary alicyclic amines) is 1. The number of phenols is 1. The van der Waals surface area contributed by atoms with E-state index in [0.29, 0.717) is 31.5 Å². The van der Waals surface area contributed by atoms with Crippen LogP contribution in [0.1, 0.15) is 38.3 Å². The van der Waals surface area contributed by atoms with Gasteiger partial charge >= 0.3 is 6.03 Å². The van der Waals surface area contributed by atoms with Crippen LogP contribution in [0.5, 0.6) is 5.75 Å². The maximum absolute atomic E-state index is 13.4. The van der Waals surface area contributed by atoms with E-state index in [4.69, 9.17) is 5.26 Å². The van der Waals surface area contributed by atoms with Crippen molar-refractivity contribution in [2.24, 2.45) is 5.41 Å². The third-order valence-electron chi connectivity index (χ3n) is 4.24. The Morgan fingerprint density at radius 3 is 2.68 bits per heavy atom. The van der Waals surface area contributed by atoms with Crippen LogP contribution < -0.4 is 5.32 Å². The molecule has 2 rings (SSSR count). The third kappa shape index (κ3) is 3.48. The number of benzene rings is 1. The van der Waals surface area contributed by atoms with Crippen LogP contribution in [0.3, 0.4) is 0 Å². The number of carbonyl (C=O) groups excluding carboxylic acids is 1. The largest absolute Gasteiger partial charge is 0.505 e. The highest BCUT2D eigenvalue weighted by molar-refractivity contribution is 5.74. The minimum Gasteiger partial charge on any atom is -0.505 e. The molecule has 1 unspecified atom stereocenters. The molecule has 0 aliphatic carbocycles. The summed E-state index contributed by atoms with van der Waals surface area (Å²) in [6.07, 6.45) is 1.30. The summed E-state index contributed by atoms with van der Waals surface area (Å²) < 4.78 is 13.4. The molecule has 2 amide bonds. The fraction of sp³-hybridized carbons (Fsp3) is 0.500. The van der Waals surface area contributed by atoms with E-state index in [1.165, 1.54) is 12.1 Å². The standard InChI is InChI=1S/C16H20FN3O2/c1-11(12-3-4-14(21)13(17)9-12)19-15(22)20-7-5-16(2,10-18)6-8-20/h3-4,9,11,21H,5-8H2,1-2H3,(H,19,22). The fourth-order valence-electron chi connectivity index (χ4n) is 2.47. The summed E-state index contributed by atoms with van der Waals surface area (Å²) in [5.41, 5.74) is 0.227. The lowest BCUT2D eigenvalue weighted by atomic mass is 9.82. The van der Waals surface area contributed by atoms with Gasteiger partial charge < -0.3 is 15.3 Å². The summed E-state index contributed by atoms with van der Waals surface area (Å²) >= 11 is 0. The van der Waals surface area contributed by atoms with Crippen molar-refractivity contribution in [3.05, 3.63) is 29.6 Å². The van der Waals surface area contributed by atoms with Crippen LogP contribution in [0, 0.1) is 22.6 Å². The molecule has 1 aromatic rings. The van der Waals surface area contributed by atoms with Gasteiger partial charge in [0, 0.05) is 13.1 Å². The number of rotatable bonds is 2. The van der Waals surface area contributed by atoms with Crippen molar-refractivity contribution in [2.75, 3.05) is 13.1 Å². The van der Waals surface area contributed by atoms with Crippen molar-refractivity contribution in [1.29, 1.82) is 5.26 Å². The Balaban J connectivity index is 1.95. The van der Waals surface area contributed by atoms with Crippen molar-refractivity contribution >= 4 is 6.03 Å². The minimum absolute atomic E-state index is 0.221. The molecule has 0 radical (unpaired) electrons. The van der Waals surface area contributed by atoms with Gasteiger partial charge in [0.2, 0.25) is 0 Å². The topological polar surface area (TPSA) is 76.4 Å². The number of amides is 2. The highest BCUT2D eigenvalue weighted by Crippen LogP contribution is 2.30. The van der Waals surface area contributed by atoms with Crippen LogP contribution in [0.25, 0.3) is 0 Å². The second-order valence-corrected chi connectivity index (χ2v) is 6.04. The first-order chi connectivity index (χ1) is 10.3. The summed E-state index contributed by atoms with van der Waals surface area (Å²) in [6, 6.07) is 5.76. The highest BCUT2D eigenvalue weighted by atomic mass is 19.1. The number of aromatic hydroxyl groups is 1. The zero-order valence-corrected chi connectivity index (χ0v) is 12.8. The Labute approximate surface area is 129 Å². The maximum Gasteiger partial charge on any atom is 0.317 e. The number of carbonyl (C=O) groups is 1. The van der Waals surface area contributed by atoms with Crippen LogP contribution in [0.4, 0.5) is 9.18 Å². The van der Waals surface area contributed by atoms with Gasteiger partial charge in [-0.25, -0.2) is 9.18 Å². The van der Waals surface area contributed by atoms with E-state index in [1.807, 2.05) is 6.92 Å². The van der Waals surface area contributed by atoms with E-state index >= 15 is 0 Å².